The van der Waals surface area contributed by atoms with Gasteiger partial charge >= 0.3 is 0 Å². The number of rotatable bonds is 7. The van der Waals surface area contributed by atoms with Crippen molar-refractivity contribution in [2.45, 2.75) is 44.8 Å². The first-order chi connectivity index (χ1) is 9.33. The van der Waals surface area contributed by atoms with E-state index in [0.29, 0.717) is 12.1 Å². The van der Waals surface area contributed by atoms with E-state index >= 15 is 0 Å². The van der Waals surface area contributed by atoms with Crippen molar-refractivity contribution in [3.8, 4) is 5.75 Å². The first-order valence-corrected chi connectivity index (χ1v) is 7.31. The van der Waals surface area contributed by atoms with E-state index in [2.05, 4.69) is 36.5 Å². The second-order valence-electron chi connectivity index (χ2n) is 5.14. The Hall–Kier alpha value is -1.06. The van der Waals surface area contributed by atoms with Crippen LogP contribution in [0.4, 0.5) is 0 Å². The van der Waals surface area contributed by atoms with Crippen LogP contribution < -0.4 is 10.1 Å². The molecule has 0 spiro atoms. The number of likely N-dealkylation sites (N-methyl/N-ethyl adjacent to an activating group) is 1. The summed E-state index contributed by atoms with van der Waals surface area (Å²) in [6.07, 6.45) is 4.92. The maximum Gasteiger partial charge on any atom is 0.119 e. The van der Waals surface area contributed by atoms with E-state index in [4.69, 9.17) is 9.47 Å². The molecule has 2 rings (SSSR count). The number of hydrogen-bond acceptors (Lipinski definition) is 3. The normalized spacial score (nSPS) is 22.6. The number of benzene rings is 1. The van der Waals surface area contributed by atoms with Crippen LogP contribution in [0.5, 0.6) is 5.75 Å². The zero-order chi connectivity index (χ0) is 13.5. The van der Waals surface area contributed by atoms with Crippen LogP contribution in [0.1, 0.15) is 31.7 Å². The van der Waals surface area contributed by atoms with E-state index in [1.165, 1.54) is 18.4 Å². The molecule has 2 atom stereocenters. The van der Waals surface area contributed by atoms with E-state index in [1.807, 2.05) is 0 Å². The minimum Gasteiger partial charge on any atom is -0.489 e. The van der Waals surface area contributed by atoms with Gasteiger partial charge in [0.15, 0.2) is 0 Å². The fourth-order valence-electron chi connectivity index (χ4n) is 2.69. The van der Waals surface area contributed by atoms with Crippen LogP contribution >= 0.6 is 0 Å². The van der Waals surface area contributed by atoms with Gasteiger partial charge in [-0.05, 0) is 49.9 Å². The quantitative estimate of drug-likeness (QED) is 0.820. The molecule has 1 aromatic rings. The molecule has 1 fully saturated rings. The molecule has 0 aromatic heterocycles. The van der Waals surface area contributed by atoms with Gasteiger partial charge in [-0.1, -0.05) is 19.1 Å². The summed E-state index contributed by atoms with van der Waals surface area (Å²) < 4.78 is 11.2. The zero-order valence-corrected chi connectivity index (χ0v) is 12.0. The summed E-state index contributed by atoms with van der Waals surface area (Å²) in [7, 11) is 1.73. The van der Waals surface area contributed by atoms with E-state index in [9.17, 15) is 0 Å². The van der Waals surface area contributed by atoms with Gasteiger partial charge in [0.25, 0.3) is 0 Å². The maximum absolute atomic E-state index is 6.11. The van der Waals surface area contributed by atoms with Crippen LogP contribution in [0.25, 0.3) is 0 Å². The van der Waals surface area contributed by atoms with Gasteiger partial charge in [-0.3, -0.25) is 0 Å². The summed E-state index contributed by atoms with van der Waals surface area (Å²) >= 11 is 0. The lowest BCUT2D eigenvalue weighted by Gasteiger charge is -2.22. The number of hydrogen-bond donors (Lipinski definition) is 1. The fourth-order valence-corrected chi connectivity index (χ4v) is 2.69. The predicted octanol–water partition coefficient (Wildman–Crippen LogP) is 2.78. The van der Waals surface area contributed by atoms with E-state index < -0.39 is 0 Å². The molecular formula is C16H25NO2. The molecule has 1 aromatic carbocycles. The zero-order valence-electron chi connectivity index (χ0n) is 12.0. The first-order valence-electron chi connectivity index (χ1n) is 7.31. The third kappa shape index (κ3) is 4.22. The van der Waals surface area contributed by atoms with Crippen molar-refractivity contribution in [1.82, 2.24) is 5.32 Å². The lowest BCUT2D eigenvalue weighted by atomic mass is 10.1. The van der Waals surface area contributed by atoms with Crippen molar-refractivity contribution in [2.24, 2.45) is 0 Å². The Morgan fingerprint density at radius 2 is 2.00 bits per heavy atom. The summed E-state index contributed by atoms with van der Waals surface area (Å²) in [5.41, 5.74) is 1.30. The van der Waals surface area contributed by atoms with Crippen LogP contribution in [0.3, 0.4) is 0 Å². The average Bonchev–Trinajstić information content (AvgIpc) is 2.86. The number of ether oxygens (including phenoxy) is 2. The van der Waals surface area contributed by atoms with Crippen molar-refractivity contribution >= 4 is 0 Å². The van der Waals surface area contributed by atoms with Gasteiger partial charge in [-0.15, -0.1) is 0 Å². The van der Waals surface area contributed by atoms with E-state index in [1.54, 1.807) is 7.11 Å². The second-order valence-corrected chi connectivity index (χ2v) is 5.14. The fraction of sp³-hybridized carbons (Fsp3) is 0.625. The Labute approximate surface area is 116 Å². The molecule has 19 heavy (non-hydrogen) atoms. The molecule has 0 heterocycles. The molecule has 0 saturated heterocycles. The molecule has 0 amide bonds. The first kappa shape index (κ1) is 14.4. The molecule has 1 aliphatic rings. The lowest BCUT2D eigenvalue weighted by molar-refractivity contribution is 0.175. The van der Waals surface area contributed by atoms with Gasteiger partial charge in [0.05, 0.1) is 6.61 Å². The molecular weight excluding hydrogens is 238 g/mol. The van der Waals surface area contributed by atoms with Crippen molar-refractivity contribution in [2.75, 3.05) is 20.3 Å². The smallest absolute Gasteiger partial charge is 0.119 e. The molecule has 1 N–H and O–H groups in total. The minimum atomic E-state index is 0.324. The lowest BCUT2D eigenvalue weighted by Crippen LogP contribution is -2.38. The van der Waals surface area contributed by atoms with Gasteiger partial charge in [-0.25, -0.2) is 0 Å². The van der Waals surface area contributed by atoms with E-state index in [-0.39, 0.29) is 0 Å². The number of methoxy groups -OCH3 is 1. The Bertz CT molecular complexity index is 364. The van der Waals surface area contributed by atoms with Gasteiger partial charge in [0, 0.05) is 13.2 Å². The summed E-state index contributed by atoms with van der Waals surface area (Å²) in [4.78, 5) is 0. The summed E-state index contributed by atoms with van der Waals surface area (Å²) in [6.45, 7) is 3.94. The summed E-state index contributed by atoms with van der Waals surface area (Å²) in [5.74, 6) is 0.982. The molecule has 0 bridgehead atoms. The molecule has 0 aliphatic heterocycles. The van der Waals surface area contributed by atoms with Gasteiger partial charge in [0.1, 0.15) is 11.9 Å². The third-order valence-electron chi connectivity index (χ3n) is 3.72. The Kier molecular flexibility index (Phi) is 5.67. The van der Waals surface area contributed by atoms with E-state index in [0.717, 1.165) is 31.7 Å². The maximum atomic E-state index is 6.11. The molecule has 3 nitrogen and oxygen atoms in total. The second kappa shape index (κ2) is 7.51. The molecule has 1 saturated carbocycles. The molecule has 1 aliphatic carbocycles. The topological polar surface area (TPSA) is 30.5 Å². The highest BCUT2D eigenvalue weighted by molar-refractivity contribution is 5.27. The Balaban J connectivity index is 1.88. The Morgan fingerprint density at radius 3 is 2.68 bits per heavy atom. The highest BCUT2D eigenvalue weighted by Crippen LogP contribution is 2.25. The van der Waals surface area contributed by atoms with Gasteiger partial charge in [0.2, 0.25) is 0 Å². The van der Waals surface area contributed by atoms with Gasteiger partial charge < -0.3 is 14.8 Å². The third-order valence-corrected chi connectivity index (χ3v) is 3.72. The average molecular weight is 263 g/mol. The molecule has 106 valence electrons. The highest BCUT2D eigenvalue weighted by atomic mass is 16.5. The predicted molar refractivity (Wildman–Crippen MR) is 77.8 cm³/mol. The van der Waals surface area contributed by atoms with Crippen LogP contribution in [-0.2, 0) is 11.2 Å². The van der Waals surface area contributed by atoms with Gasteiger partial charge in [-0.2, -0.15) is 0 Å². The van der Waals surface area contributed by atoms with Crippen molar-refractivity contribution < 1.29 is 9.47 Å². The summed E-state index contributed by atoms with van der Waals surface area (Å²) in [6, 6.07) is 8.92. The van der Waals surface area contributed by atoms with Crippen LogP contribution in [0.15, 0.2) is 24.3 Å². The van der Waals surface area contributed by atoms with Crippen molar-refractivity contribution in [3.05, 3.63) is 29.8 Å². The SMILES string of the molecule is CCNC1CCCC1Oc1ccc(CCOC)cc1. The van der Waals surface area contributed by atoms with Crippen LogP contribution in [-0.4, -0.2) is 32.4 Å². The summed E-state index contributed by atoms with van der Waals surface area (Å²) in [5, 5.41) is 3.51. The van der Waals surface area contributed by atoms with Crippen LogP contribution in [0.2, 0.25) is 0 Å². The Morgan fingerprint density at radius 1 is 1.21 bits per heavy atom. The molecule has 3 heteroatoms. The minimum absolute atomic E-state index is 0.324. The molecule has 0 radical (unpaired) electrons. The van der Waals surface area contributed by atoms with Crippen molar-refractivity contribution in [3.63, 3.8) is 0 Å². The largest absolute Gasteiger partial charge is 0.489 e. The standard InChI is InChI=1S/C16H25NO2/c1-3-17-15-5-4-6-16(15)19-14-9-7-13(8-10-14)11-12-18-2/h7-10,15-17H,3-6,11-12H2,1-2H3. The van der Waals surface area contributed by atoms with Crippen LogP contribution in [0, 0.1) is 0 Å². The van der Waals surface area contributed by atoms with Crippen molar-refractivity contribution in [1.29, 1.82) is 0 Å². The molecule has 2 unspecified atom stereocenters. The monoisotopic (exact) mass is 263 g/mol. The highest BCUT2D eigenvalue weighted by Gasteiger charge is 2.27. The number of nitrogens with one attached hydrogen (secondary N) is 1.